The molecular weight excluding hydrogens is 1720 g/mol. The number of rotatable bonds is 34. The van der Waals surface area contributed by atoms with E-state index in [0.717, 1.165) is 245 Å². The Balaban J connectivity index is 0.000000151. The molecule has 12 aromatic rings. The van der Waals surface area contributed by atoms with E-state index in [1.54, 1.807) is 38.1 Å². The number of benzene rings is 12. The maximum absolute atomic E-state index is 13.1. The number of carboxylic acids is 1. The Morgan fingerprint density at radius 1 is 0.301 bits per heavy atom. The SMILES string of the molecule is CC(C)(C(=O)O)c1ccc(C(O)CCCN2CCC(C(O)(c3ccccc3)c3ccccc3)CC2)cc1.Cc1ccc(C(O)CCCN2CCC(C(O)(c3ccccc3)c3ccccc3)CC2)cc1.OC(CCCN1CCC(C(O)(c2ccccc2)c2ccccc2)CC1)c1ccc(Br)cc1.OC(CCCN1CCC(C(O)(c2ccccc2)c2ccccc2)CC1)c1ccc(F)cc1. The van der Waals surface area contributed by atoms with Crippen molar-refractivity contribution in [2.45, 2.75) is 176 Å². The van der Waals surface area contributed by atoms with Crippen LogP contribution in [0.3, 0.4) is 0 Å². The molecule has 0 spiro atoms. The van der Waals surface area contributed by atoms with Gasteiger partial charge in [-0.1, -0.05) is 337 Å². The molecule has 0 aliphatic carbocycles. The minimum absolute atomic E-state index is 0.132. The second-order valence-corrected chi connectivity index (χ2v) is 38.6. The van der Waals surface area contributed by atoms with Crippen molar-refractivity contribution in [3.05, 3.63) is 428 Å². The molecule has 133 heavy (non-hydrogen) atoms. The molecule has 0 bridgehead atoms. The molecule has 16 rings (SSSR count). The first kappa shape index (κ1) is 100. The number of piperidine rings is 4. The van der Waals surface area contributed by atoms with E-state index in [4.69, 9.17) is 0 Å². The first-order valence-corrected chi connectivity index (χ1v) is 49.1. The molecule has 700 valence electrons. The van der Waals surface area contributed by atoms with Crippen LogP contribution in [-0.2, 0) is 32.6 Å². The summed E-state index contributed by atoms with van der Waals surface area (Å²) in [6.07, 6.45) is 12.1. The topological polar surface area (TPSA) is 212 Å². The van der Waals surface area contributed by atoms with E-state index in [-0.39, 0.29) is 29.5 Å². The minimum atomic E-state index is -1.01. The highest BCUT2D eigenvalue weighted by Gasteiger charge is 2.46. The lowest BCUT2D eigenvalue weighted by molar-refractivity contribution is -0.142. The first-order valence-electron chi connectivity index (χ1n) is 48.3. The predicted molar refractivity (Wildman–Crippen MR) is 536 cm³/mol. The van der Waals surface area contributed by atoms with Crippen LogP contribution in [0.4, 0.5) is 4.39 Å². The fourth-order valence-corrected chi connectivity index (χ4v) is 20.8. The molecule has 16 heteroatoms. The molecule has 0 amide bonds. The van der Waals surface area contributed by atoms with Crippen LogP contribution < -0.4 is 0 Å². The molecule has 4 fully saturated rings. The van der Waals surface area contributed by atoms with Gasteiger partial charge in [-0.05, 0) is 322 Å². The molecule has 0 saturated carbocycles. The fourth-order valence-electron chi connectivity index (χ4n) is 20.5. The quantitative estimate of drug-likeness (QED) is 0.0184. The Hall–Kier alpha value is -9.96. The lowest BCUT2D eigenvalue weighted by Gasteiger charge is -2.42. The number of aliphatic hydroxyl groups excluding tert-OH is 4. The number of likely N-dealkylation sites (tertiary alicyclic amines) is 4. The van der Waals surface area contributed by atoms with Gasteiger partial charge in [0.15, 0.2) is 0 Å². The molecular formula is C117H138BrFN4O10. The Morgan fingerprint density at radius 3 is 0.692 bits per heavy atom. The van der Waals surface area contributed by atoms with E-state index in [2.05, 4.69) is 54.6 Å². The summed E-state index contributed by atoms with van der Waals surface area (Å²) in [4.78, 5) is 21.3. The Bertz CT molecular complexity index is 4800. The lowest BCUT2D eigenvalue weighted by Crippen LogP contribution is -2.44. The van der Waals surface area contributed by atoms with E-state index in [1.165, 1.54) is 17.7 Å². The van der Waals surface area contributed by atoms with Crippen molar-refractivity contribution in [3.8, 4) is 0 Å². The molecule has 4 saturated heterocycles. The summed E-state index contributed by atoms with van der Waals surface area (Å²) in [6, 6.07) is 110. The number of aryl methyl sites for hydroxylation is 1. The van der Waals surface area contributed by atoms with Crippen molar-refractivity contribution in [1.29, 1.82) is 0 Å². The highest BCUT2D eigenvalue weighted by atomic mass is 79.9. The normalized spacial score (nSPS) is 16.6. The summed E-state index contributed by atoms with van der Waals surface area (Å²) in [5, 5.41) is 99.5. The van der Waals surface area contributed by atoms with Crippen molar-refractivity contribution in [3.63, 3.8) is 0 Å². The number of halogens is 2. The predicted octanol–water partition coefficient (Wildman–Crippen LogP) is 22.2. The summed E-state index contributed by atoms with van der Waals surface area (Å²) < 4.78 is 14.1. The highest BCUT2D eigenvalue weighted by Crippen LogP contribution is 2.47. The number of aliphatic carboxylic acids is 1. The van der Waals surface area contributed by atoms with E-state index >= 15 is 0 Å². The summed E-state index contributed by atoms with van der Waals surface area (Å²) in [5.74, 6) is -0.509. The van der Waals surface area contributed by atoms with Crippen molar-refractivity contribution < 1.29 is 55.1 Å². The zero-order valence-corrected chi connectivity index (χ0v) is 79.3. The van der Waals surface area contributed by atoms with Gasteiger partial charge >= 0.3 is 5.97 Å². The second-order valence-electron chi connectivity index (χ2n) is 37.7. The van der Waals surface area contributed by atoms with Gasteiger partial charge < -0.3 is 65.6 Å². The summed E-state index contributed by atoms with van der Waals surface area (Å²) in [5.41, 5.74) is 8.32. The number of carboxylic acid groups (broad SMARTS) is 1. The van der Waals surface area contributed by atoms with Crippen LogP contribution in [-0.4, -0.2) is 150 Å². The van der Waals surface area contributed by atoms with Crippen LogP contribution in [0, 0.1) is 36.4 Å². The maximum atomic E-state index is 13.1. The van der Waals surface area contributed by atoms with Crippen molar-refractivity contribution >= 4 is 21.9 Å². The average Bonchev–Trinajstić information content (AvgIpc) is 0.780. The van der Waals surface area contributed by atoms with E-state index in [9.17, 15) is 55.1 Å². The smallest absolute Gasteiger partial charge is 0.313 e. The summed E-state index contributed by atoms with van der Waals surface area (Å²) in [7, 11) is 0. The lowest BCUT2D eigenvalue weighted by atomic mass is 9.72. The number of hydrogen-bond donors (Lipinski definition) is 9. The highest BCUT2D eigenvalue weighted by molar-refractivity contribution is 9.10. The van der Waals surface area contributed by atoms with Gasteiger partial charge in [0.1, 0.15) is 28.2 Å². The first-order chi connectivity index (χ1) is 64.4. The number of aliphatic hydroxyl groups is 8. The van der Waals surface area contributed by atoms with Crippen LogP contribution in [0.1, 0.15) is 219 Å². The Kier molecular flexibility index (Phi) is 37.0. The van der Waals surface area contributed by atoms with Gasteiger partial charge in [0.25, 0.3) is 0 Å². The van der Waals surface area contributed by atoms with E-state index in [1.807, 2.05) is 291 Å². The molecule has 0 aromatic heterocycles. The molecule has 4 atom stereocenters. The third kappa shape index (κ3) is 26.4. The third-order valence-electron chi connectivity index (χ3n) is 28.8. The van der Waals surface area contributed by atoms with Gasteiger partial charge in [0.05, 0.1) is 29.8 Å². The van der Waals surface area contributed by atoms with E-state index < -0.39 is 58.2 Å². The Morgan fingerprint density at radius 2 is 0.489 bits per heavy atom. The standard InChI is InChI=1S/C32H39NO4.C29H35NO2.C28H32BrNO2.C28H32FNO2/c1-31(2,30(35)36)25-17-15-24(16-18-25)29(34)14-9-21-33-22-19-28(20-23-33)32(37,26-10-5-3-6-11-26)27-12-7-4-8-13-27;1-23-14-16-24(17-15-23)28(31)13-8-20-30-21-18-27(19-22-30)29(32,25-9-4-2-5-10-25)26-11-6-3-7-12-26;2*29-26-15-13-22(14-16-26)27(31)12-7-19-30-20-17-25(18-21-30)28(32,23-8-3-1-4-9-23)24-10-5-2-6-11-24/h3-8,10-13,15-18,28-29,34,37H,9,14,19-23H2,1-2H3,(H,35,36);2-7,9-12,14-17,27-28,31-32H,8,13,18-22H2,1H3;2*1-6,8-11,13-16,25,27,31-32H,7,12,17-21H2. The molecule has 4 aliphatic heterocycles. The monoisotopic (exact) mass is 1860 g/mol. The molecule has 14 nitrogen and oxygen atoms in total. The third-order valence-corrected chi connectivity index (χ3v) is 29.3. The summed E-state index contributed by atoms with van der Waals surface area (Å²) in [6.45, 7) is 16.8. The van der Waals surface area contributed by atoms with Gasteiger partial charge in [-0.2, -0.15) is 0 Å². The zero-order chi connectivity index (χ0) is 93.6. The van der Waals surface area contributed by atoms with Crippen LogP contribution in [0.25, 0.3) is 0 Å². The van der Waals surface area contributed by atoms with Gasteiger partial charge in [0, 0.05) is 4.47 Å². The maximum Gasteiger partial charge on any atom is 0.313 e. The van der Waals surface area contributed by atoms with Gasteiger partial charge in [-0.3, -0.25) is 4.79 Å². The minimum Gasteiger partial charge on any atom is -0.481 e. The van der Waals surface area contributed by atoms with E-state index in [0.29, 0.717) is 12.8 Å². The van der Waals surface area contributed by atoms with Crippen LogP contribution in [0.15, 0.2) is 344 Å². The Labute approximate surface area is 797 Å². The molecule has 0 radical (unpaired) electrons. The number of hydrogen-bond acceptors (Lipinski definition) is 13. The van der Waals surface area contributed by atoms with Crippen LogP contribution >= 0.6 is 15.9 Å². The van der Waals surface area contributed by atoms with Crippen LogP contribution in [0.5, 0.6) is 0 Å². The number of carbonyl (C=O) groups is 1. The molecule has 12 aromatic carbocycles. The van der Waals surface area contributed by atoms with Crippen LogP contribution in [0.2, 0.25) is 0 Å². The molecule has 9 N–H and O–H groups in total. The average molecular weight is 1860 g/mol. The molecule has 4 heterocycles. The zero-order valence-electron chi connectivity index (χ0n) is 77.7. The van der Waals surface area contributed by atoms with Gasteiger partial charge in [-0.15, -0.1) is 0 Å². The molecule has 4 aliphatic rings. The van der Waals surface area contributed by atoms with Gasteiger partial charge in [0.2, 0.25) is 0 Å². The van der Waals surface area contributed by atoms with Crippen molar-refractivity contribution in [2.75, 3.05) is 78.5 Å². The van der Waals surface area contributed by atoms with Crippen molar-refractivity contribution in [1.82, 2.24) is 19.6 Å². The number of nitrogens with zero attached hydrogens (tertiary/aromatic N) is 4. The summed E-state index contributed by atoms with van der Waals surface area (Å²) >= 11 is 3.44. The largest absolute Gasteiger partial charge is 0.481 e. The molecule has 4 unspecified atom stereocenters. The fraction of sp³-hybridized carbons (Fsp3) is 0.376. The van der Waals surface area contributed by atoms with Crippen molar-refractivity contribution in [2.24, 2.45) is 23.7 Å². The van der Waals surface area contributed by atoms with Gasteiger partial charge in [-0.25, -0.2) is 4.39 Å². The second kappa shape index (κ2) is 49.0.